The number of benzene rings is 1. The fourth-order valence-electron chi connectivity index (χ4n) is 5.74. The summed E-state index contributed by atoms with van der Waals surface area (Å²) in [7, 11) is 1.73. The number of hydrogen-bond donors (Lipinski definition) is 2. The maximum atomic E-state index is 13.4. The van der Waals surface area contributed by atoms with Crippen LogP contribution in [0.4, 0.5) is 4.79 Å². The number of urea groups is 1. The zero-order chi connectivity index (χ0) is 24.7. The number of piperidine rings is 1. The van der Waals surface area contributed by atoms with Gasteiger partial charge in [-0.25, -0.2) is 4.79 Å². The summed E-state index contributed by atoms with van der Waals surface area (Å²) in [6.07, 6.45) is 11.9. The van der Waals surface area contributed by atoms with Crippen molar-refractivity contribution in [2.24, 2.45) is 11.8 Å². The Bertz CT molecular complexity index is 696. The molecule has 1 aromatic carbocycles. The van der Waals surface area contributed by atoms with Crippen molar-refractivity contribution in [3.63, 3.8) is 0 Å². The van der Waals surface area contributed by atoms with Gasteiger partial charge in [0.05, 0.1) is 6.10 Å². The van der Waals surface area contributed by atoms with Gasteiger partial charge in [0.25, 0.3) is 0 Å². The quantitative estimate of drug-likeness (QED) is 0.338. The predicted molar refractivity (Wildman–Crippen MR) is 143 cm³/mol. The average molecular weight is 488 g/mol. The third-order valence-electron chi connectivity index (χ3n) is 7.58. The summed E-state index contributed by atoms with van der Waals surface area (Å²) >= 11 is 0. The van der Waals surface area contributed by atoms with Crippen molar-refractivity contribution in [3.8, 4) is 0 Å². The van der Waals surface area contributed by atoms with Crippen LogP contribution in [0.1, 0.15) is 82.8 Å². The zero-order valence-corrected chi connectivity index (χ0v) is 22.2. The number of nitrogens with one attached hydrogen (secondary N) is 2. The molecule has 1 heterocycles. The van der Waals surface area contributed by atoms with Crippen molar-refractivity contribution in [2.45, 2.75) is 83.3 Å². The maximum Gasteiger partial charge on any atom is 0.317 e. The lowest BCUT2D eigenvalue weighted by Gasteiger charge is -2.38. The number of methoxy groups -OCH3 is 1. The van der Waals surface area contributed by atoms with E-state index in [1.807, 2.05) is 11.0 Å². The van der Waals surface area contributed by atoms with Gasteiger partial charge < -0.3 is 25.0 Å². The molecule has 2 aliphatic rings. The van der Waals surface area contributed by atoms with Gasteiger partial charge in [-0.1, -0.05) is 69.4 Å². The van der Waals surface area contributed by atoms with E-state index < -0.39 is 0 Å². The lowest BCUT2D eigenvalue weighted by molar-refractivity contribution is -0.0168. The van der Waals surface area contributed by atoms with E-state index in [1.54, 1.807) is 7.11 Å². The van der Waals surface area contributed by atoms with Crippen LogP contribution in [0.3, 0.4) is 0 Å². The molecule has 1 aromatic rings. The highest BCUT2D eigenvalue weighted by Crippen LogP contribution is 2.33. The highest BCUT2D eigenvalue weighted by molar-refractivity contribution is 5.74. The normalized spacial score (nSPS) is 21.0. The standard InChI is InChI=1S/C29H49N3O3/c1-3-17-30-22-27(21-24-12-6-4-7-13-24)31-29(33)32-18-10-16-26(23-32)28(35-20-11-19-34-2)25-14-8-5-9-15-25/h5,8-9,14-15,24,26-28,30H,3-4,6-7,10-13,16-23H2,1-2H3,(H,31,33). The summed E-state index contributed by atoms with van der Waals surface area (Å²) in [5.41, 5.74) is 1.20. The van der Waals surface area contributed by atoms with Crippen LogP contribution >= 0.6 is 0 Å². The minimum atomic E-state index is 0.00733. The fourth-order valence-corrected chi connectivity index (χ4v) is 5.74. The van der Waals surface area contributed by atoms with Crippen LogP contribution in [-0.2, 0) is 9.47 Å². The zero-order valence-electron chi connectivity index (χ0n) is 22.2. The molecule has 35 heavy (non-hydrogen) atoms. The topological polar surface area (TPSA) is 62.8 Å². The van der Waals surface area contributed by atoms with Crippen LogP contribution < -0.4 is 10.6 Å². The van der Waals surface area contributed by atoms with Crippen molar-refractivity contribution in [3.05, 3.63) is 35.9 Å². The minimum absolute atomic E-state index is 0.00733. The summed E-state index contributed by atoms with van der Waals surface area (Å²) in [5.74, 6) is 1.05. The first kappa shape index (κ1) is 27.9. The van der Waals surface area contributed by atoms with Crippen LogP contribution in [-0.4, -0.2) is 63.5 Å². The third-order valence-corrected chi connectivity index (χ3v) is 7.58. The number of carbonyl (C=O) groups excluding carboxylic acids is 1. The second-order valence-electron chi connectivity index (χ2n) is 10.5. The molecule has 1 aliphatic heterocycles. The van der Waals surface area contributed by atoms with Gasteiger partial charge in [0.1, 0.15) is 0 Å². The maximum absolute atomic E-state index is 13.4. The minimum Gasteiger partial charge on any atom is -0.385 e. The van der Waals surface area contributed by atoms with Gasteiger partial charge in [-0.15, -0.1) is 0 Å². The number of likely N-dealkylation sites (tertiary alicyclic amines) is 1. The van der Waals surface area contributed by atoms with Crippen LogP contribution in [0.15, 0.2) is 30.3 Å². The summed E-state index contributed by atoms with van der Waals surface area (Å²) in [6.45, 7) is 7.00. The Morgan fingerprint density at radius 2 is 1.89 bits per heavy atom. The summed E-state index contributed by atoms with van der Waals surface area (Å²) in [4.78, 5) is 15.5. The van der Waals surface area contributed by atoms with Crippen LogP contribution in [0.2, 0.25) is 0 Å². The fraction of sp³-hybridized carbons (Fsp3) is 0.759. The van der Waals surface area contributed by atoms with E-state index >= 15 is 0 Å². The summed E-state index contributed by atoms with van der Waals surface area (Å²) in [6, 6.07) is 10.8. The Kier molecular flexibility index (Phi) is 12.9. The van der Waals surface area contributed by atoms with Crippen LogP contribution in [0.5, 0.6) is 0 Å². The van der Waals surface area contributed by atoms with Crippen molar-refractivity contribution in [2.75, 3.05) is 46.5 Å². The van der Waals surface area contributed by atoms with E-state index in [2.05, 4.69) is 41.8 Å². The molecule has 1 aliphatic carbocycles. The first-order valence-electron chi connectivity index (χ1n) is 14.1. The molecule has 3 atom stereocenters. The molecule has 1 saturated heterocycles. The highest BCUT2D eigenvalue weighted by atomic mass is 16.5. The first-order valence-corrected chi connectivity index (χ1v) is 14.1. The summed E-state index contributed by atoms with van der Waals surface area (Å²) < 4.78 is 11.6. The molecule has 0 bridgehead atoms. The Labute approximate surface area is 213 Å². The second-order valence-corrected chi connectivity index (χ2v) is 10.5. The number of nitrogens with zero attached hydrogens (tertiary/aromatic N) is 1. The lowest BCUT2D eigenvalue weighted by atomic mass is 9.84. The van der Waals surface area contributed by atoms with Gasteiger partial charge in [-0.2, -0.15) is 0 Å². The third kappa shape index (κ3) is 9.74. The van der Waals surface area contributed by atoms with E-state index in [0.29, 0.717) is 19.1 Å². The highest BCUT2D eigenvalue weighted by Gasteiger charge is 2.32. The number of amides is 2. The molecule has 198 valence electrons. The molecular weight excluding hydrogens is 438 g/mol. The van der Waals surface area contributed by atoms with E-state index in [0.717, 1.165) is 64.2 Å². The van der Waals surface area contributed by atoms with Crippen LogP contribution in [0, 0.1) is 11.8 Å². The molecule has 2 fully saturated rings. The number of hydrogen-bond acceptors (Lipinski definition) is 4. The van der Waals surface area contributed by atoms with E-state index in [9.17, 15) is 4.79 Å². The molecule has 6 nitrogen and oxygen atoms in total. The van der Waals surface area contributed by atoms with Crippen molar-refractivity contribution in [1.82, 2.24) is 15.5 Å². The molecule has 0 radical (unpaired) electrons. The molecule has 6 heteroatoms. The Morgan fingerprint density at radius 1 is 1.09 bits per heavy atom. The van der Waals surface area contributed by atoms with Gasteiger partial charge in [0.2, 0.25) is 0 Å². The van der Waals surface area contributed by atoms with Crippen molar-refractivity contribution >= 4 is 6.03 Å². The van der Waals surface area contributed by atoms with E-state index in [1.165, 1.54) is 37.7 Å². The monoisotopic (exact) mass is 487 g/mol. The van der Waals surface area contributed by atoms with Gasteiger partial charge in [0, 0.05) is 51.9 Å². The second kappa shape index (κ2) is 16.2. The molecule has 0 spiro atoms. The molecule has 0 aromatic heterocycles. The number of carbonyl (C=O) groups is 1. The van der Waals surface area contributed by atoms with Crippen molar-refractivity contribution < 1.29 is 14.3 Å². The number of ether oxygens (including phenoxy) is 2. The molecular formula is C29H49N3O3. The Hall–Kier alpha value is -1.63. The first-order chi connectivity index (χ1) is 17.2. The molecule has 2 N–H and O–H groups in total. The molecule has 1 saturated carbocycles. The Balaban J connectivity index is 1.60. The SMILES string of the molecule is CCCNCC(CC1CCCCC1)NC(=O)N1CCCC(C(OCCCOC)c2ccccc2)C1. The number of rotatable bonds is 14. The van der Waals surface area contributed by atoms with Gasteiger partial charge in [-0.05, 0) is 50.1 Å². The van der Waals surface area contributed by atoms with Gasteiger partial charge in [0.15, 0.2) is 0 Å². The van der Waals surface area contributed by atoms with E-state index in [-0.39, 0.29) is 18.2 Å². The average Bonchev–Trinajstić information content (AvgIpc) is 2.90. The Morgan fingerprint density at radius 3 is 2.63 bits per heavy atom. The van der Waals surface area contributed by atoms with Crippen molar-refractivity contribution in [1.29, 1.82) is 0 Å². The summed E-state index contributed by atoms with van der Waals surface area (Å²) in [5, 5.41) is 6.97. The molecule has 3 unspecified atom stereocenters. The molecule has 3 rings (SSSR count). The largest absolute Gasteiger partial charge is 0.385 e. The van der Waals surface area contributed by atoms with Gasteiger partial charge >= 0.3 is 6.03 Å². The smallest absolute Gasteiger partial charge is 0.317 e. The van der Waals surface area contributed by atoms with E-state index in [4.69, 9.17) is 9.47 Å². The predicted octanol–water partition coefficient (Wildman–Crippen LogP) is 5.54. The van der Waals surface area contributed by atoms with Crippen LogP contribution in [0.25, 0.3) is 0 Å². The van der Waals surface area contributed by atoms with Gasteiger partial charge in [-0.3, -0.25) is 0 Å². The lowest BCUT2D eigenvalue weighted by Crippen LogP contribution is -2.52. The molecule has 2 amide bonds.